The van der Waals surface area contributed by atoms with Crippen molar-refractivity contribution in [1.29, 1.82) is 0 Å². The van der Waals surface area contributed by atoms with Gasteiger partial charge in [-0.2, -0.15) is 0 Å². The predicted molar refractivity (Wildman–Crippen MR) is 52.4 cm³/mol. The van der Waals surface area contributed by atoms with Gasteiger partial charge in [0.15, 0.2) is 0 Å². The fraction of sp³-hybridized carbons (Fsp3) is 0.909. The molecular weight excluding hydrogens is 164 g/mol. The molecule has 1 aliphatic carbocycles. The minimum absolute atomic E-state index is 0.0156. The average Bonchev–Trinajstić information content (AvgIpc) is 2.78. The topological polar surface area (TPSA) is 26.3 Å². The van der Waals surface area contributed by atoms with Gasteiger partial charge in [-0.1, -0.05) is 27.7 Å². The van der Waals surface area contributed by atoms with E-state index in [9.17, 15) is 4.79 Å². The number of hydrogen-bond acceptors (Lipinski definition) is 2. The number of carbonyl (C=O) groups is 1. The molecule has 0 aromatic heterocycles. The zero-order valence-electron chi connectivity index (χ0n) is 9.14. The summed E-state index contributed by atoms with van der Waals surface area (Å²) in [7, 11) is 0. The lowest BCUT2D eigenvalue weighted by Crippen LogP contribution is -2.32. The second kappa shape index (κ2) is 3.32. The summed E-state index contributed by atoms with van der Waals surface area (Å²) in [6.45, 7) is 8.94. The SMILES string of the molecule is CCCOC(=O)C1(C(C)(C)C)CC1. The third-order valence-electron chi connectivity index (χ3n) is 3.01. The highest BCUT2D eigenvalue weighted by Gasteiger charge is 2.59. The molecule has 0 unspecified atom stereocenters. The molecule has 1 rings (SSSR count). The lowest BCUT2D eigenvalue weighted by molar-refractivity contribution is -0.154. The van der Waals surface area contributed by atoms with E-state index in [0.29, 0.717) is 6.61 Å². The summed E-state index contributed by atoms with van der Waals surface area (Å²) >= 11 is 0. The van der Waals surface area contributed by atoms with Gasteiger partial charge >= 0.3 is 5.97 Å². The molecule has 0 aromatic rings. The quantitative estimate of drug-likeness (QED) is 0.630. The van der Waals surface area contributed by atoms with Crippen molar-refractivity contribution in [1.82, 2.24) is 0 Å². The lowest BCUT2D eigenvalue weighted by atomic mass is 9.77. The Bertz CT molecular complexity index is 197. The number of hydrogen-bond donors (Lipinski definition) is 0. The van der Waals surface area contributed by atoms with E-state index in [2.05, 4.69) is 20.8 Å². The van der Waals surface area contributed by atoms with Gasteiger partial charge in [-0.3, -0.25) is 4.79 Å². The first kappa shape index (κ1) is 10.6. The van der Waals surface area contributed by atoms with Gasteiger partial charge in [-0.05, 0) is 24.7 Å². The van der Waals surface area contributed by atoms with Crippen molar-refractivity contribution in [3.8, 4) is 0 Å². The molecule has 0 radical (unpaired) electrons. The number of esters is 1. The second-order valence-corrected chi connectivity index (χ2v) is 4.97. The van der Waals surface area contributed by atoms with E-state index in [-0.39, 0.29) is 16.8 Å². The van der Waals surface area contributed by atoms with Crippen LogP contribution in [0.1, 0.15) is 47.0 Å². The first-order chi connectivity index (χ1) is 5.94. The molecule has 0 aliphatic heterocycles. The van der Waals surface area contributed by atoms with Crippen molar-refractivity contribution in [2.45, 2.75) is 47.0 Å². The van der Waals surface area contributed by atoms with Crippen LogP contribution >= 0.6 is 0 Å². The summed E-state index contributed by atoms with van der Waals surface area (Å²) in [6.07, 6.45) is 2.91. The van der Waals surface area contributed by atoms with E-state index >= 15 is 0 Å². The molecule has 2 nitrogen and oxygen atoms in total. The van der Waals surface area contributed by atoms with Crippen molar-refractivity contribution < 1.29 is 9.53 Å². The first-order valence-corrected chi connectivity index (χ1v) is 5.11. The standard InChI is InChI=1S/C11H20O2/c1-5-8-13-9(12)11(6-7-11)10(2,3)4/h5-8H2,1-4H3. The fourth-order valence-electron chi connectivity index (χ4n) is 1.72. The Morgan fingerprint density at radius 3 is 2.23 bits per heavy atom. The molecule has 0 saturated heterocycles. The zero-order chi connectivity index (χ0) is 10.1. The highest BCUT2D eigenvalue weighted by atomic mass is 16.5. The lowest BCUT2D eigenvalue weighted by Gasteiger charge is -2.28. The van der Waals surface area contributed by atoms with Crippen LogP contribution in [0.15, 0.2) is 0 Å². The Balaban J connectivity index is 2.56. The van der Waals surface area contributed by atoms with Crippen LogP contribution in [-0.4, -0.2) is 12.6 Å². The van der Waals surface area contributed by atoms with Crippen LogP contribution in [0.25, 0.3) is 0 Å². The number of carbonyl (C=O) groups excluding carboxylic acids is 1. The molecule has 0 amide bonds. The van der Waals surface area contributed by atoms with Gasteiger partial charge < -0.3 is 4.74 Å². The largest absolute Gasteiger partial charge is 0.465 e. The fourth-order valence-corrected chi connectivity index (χ4v) is 1.72. The molecule has 0 atom stereocenters. The summed E-state index contributed by atoms with van der Waals surface area (Å²) in [5, 5.41) is 0. The molecule has 0 heterocycles. The normalized spacial score (nSPS) is 19.7. The van der Waals surface area contributed by atoms with Crippen molar-refractivity contribution in [3.05, 3.63) is 0 Å². The molecule has 0 aromatic carbocycles. The van der Waals surface area contributed by atoms with Gasteiger partial charge in [0, 0.05) is 0 Å². The summed E-state index contributed by atoms with van der Waals surface area (Å²) in [4.78, 5) is 11.7. The van der Waals surface area contributed by atoms with Gasteiger partial charge in [-0.15, -0.1) is 0 Å². The van der Waals surface area contributed by atoms with Crippen LogP contribution in [-0.2, 0) is 9.53 Å². The van der Waals surface area contributed by atoms with Crippen molar-refractivity contribution in [3.63, 3.8) is 0 Å². The predicted octanol–water partition coefficient (Wildman–Crippen LogP) is 2.77. The maximum Gasteiger partial charge on any atom is 0.312 e. The molecule has 76 valence electrons. The van der Waals surface area contributed by atoms with Gasteiger partial charge in [0.1, 0.15) is 0 Å². The van der Waals surface area contributed by atoms with E-state index in [1.165, 1.54) is 0 Å². The highest BCUT2D eigenvalue weighted by molar-refractivity contribution is 5.80. The van der Waals surface area contributed by atoms with Crippen LogP contribution in [0.4, 0.5) is 0 Å². The smallest absolute Gasteiger partial charge is 0.312 e. The molecule has 1 saturated carbocycles. The van der Waals surface area contributed by atoms with E-state index in [1.54, 1.807) is 0 Å². The van der Waals surface area contributed by atoms with Gasteiger partial charge in [0.05, 0.1) is 12.0 Å². The van der Waals surface area contributed by atoms with Crippen molar-refractivity contribution in [2.75, 3.05) is 6.61 Å². The zero-order valence-corrected chi connectivity index (χ0v) is 9.14. The Morgan fingerprint density at radius 1 is 1.38 bits per heavy atom. The molecular formula is C11H20O2. The van der Waals surface area contributed by atoms with Crippen LogP contribution in [0.3, 0.4) is 0 Å². The minimum atomic E-state index is -0.165. The van der Waals surface area contributed by atoms with E-state index in [4.69, 9.17) is 4.74 Å². The molecule has 0 N–H and O–H groups in total. The second-order valence-electron chi connectivity index (χ2n) is 4.97. The summed E-state index contributed by atoms with van der Waals surface area (Å²) in [5.74, 6) is 0.0156. The maximum atomic E-state index is 11.7. The Labute approximate surface area is 80.7 Å². The third kappa shape index (κ3) is 1.87. The van der Waals surface area contributed by atoms with Gasteiger partial charge in [0.2, 0.25) is 0 Å². The molecule has 0 bridgehead atoms. The van der Waals surface area contributed by atoms with Crippen LogP contribution in [0.2, 0.25) is 0 Å². The monoisotopic (exact) mass is 184 g/mol. The van der Waals surface area contributed by atoms with Crippen molar-refractivity contribution >= 4 is 5.97 Å². The van der Waals surface area contributed by atoms with Crippen LogP contribution in [0, 0.1) is 10.8 Å². The van der Waals surface area contributed by atoms with Crippen LogP contribution in [0.5, 0.6) is 0 Å². The molecule has 0 spiro atoms. The van der Waals surface area contributed by atoms with E-state index in [1.807, 2.05) is 6.92 Å². The van der Waals surface area contributed by atoms with Gasteiger partial charge in [0.25, 0.3) is 0 Å². The Kier molecular flexibility index (Phi) is 2.69. The average molecular weight is 184 g/mol. The van der Waals surface area contributed by atoms with Gasteiger partial charge in [-0.25, -0.2) is 0 Å². The summed E-state index contributed by atoms with van der Waals surface area (Å²) in [5.41, 5.74) is -0.111. The highest BCUT2D eigenvalue weighted by Crippen LogP contribution is 2.59. The number of rotatable bonds is 3. The van der Waals surface area contributed by atoms with Crippen LogP contribution < -0.4 is 0 Å². The molecule has 1 fully saturated rings. The first-order valence-electron chi connectivity index (χ1n) is 5.11. The maximum absolute atomic E-state index is 11.7. The number of ether oxygens (including phenoxy) is 1. The Morgan fingerprint density at radius 2 is 1.92 bits per heavy atom. The van der Waals surface area contributed by atoms with E-state index < -0.39 is 0 Å². The van der Waals surface area contributed by atoms with E-state index in [0.717, 1.165) is 19.3 Å². The molecule has 2 heteroatoms. The summed E-state index contributed by atoms with van der Waals surface area (Å²) < 4.78 is 5.21. The third-order valence-corrected chi connectivity index (χ3v) is 3.01. The Hall–Kier alpha value is -0.530. The van der Waals surface area contributed by atoms with Crippen molar-refractivity contribution in [2.24, 2.45) is 10.8 Å². The minimum Gasteiger partial charge on any atom is -0.465 e. The molecule has 1 aliphatic rings. The molecule has 13 heavy (non-hydrogen) atoms. The summed E-state index contributed by atoms with van der Waals surface area (Å²) in [6, 6.07) is 0.